The molecule has 1 aliphatic rings. The van der Waals surface area contributed by atoms with Crippen LogP contribution in [0.1, 0.15) is 58.8 Å². The summed E-state index contributed by atoms with van der Waals surface area (Å²) in [4.78, 5) is 12.2. The van der Waals surface area contributed by atoms with Crippen molar-refractivity contribution in [2.45, 2.75) is 64.8 Å². The zero-order chi connectivity index (χ0) is 12.7. The number of nitrogens with one attached hydrogen (secondary N) is 1. The topological polar surface area (TPSA) is 55.1 Å². The molecular formula is C14H28N2O. The minimum absolute atomic E-state index is 0.166. The molecule has 1 fully saturated rings. The van der Waals surface area contributed by atoms with Crippen molar-refractivity contribution in [1.82, 2.24) is 5.32 Å². The fraction of sp³-hybridized carbons (Fsp3) is 0.929. The number of nitrogens with two attached hydrogens (primary N) is 1. The Kier molecular flexibility index (Phi) is 6.56. The van der Waals surface area contributed by atoms with E-state index in [1.54, 1.807) is 0 Å². The van der Waals surface area contributed by atoms with E-state index < -0.39 is 0 Å². The Morgan fingerprint density at radius 2 is 2.06 bits per heavy atom. The van der Waals surface area contributed by atoms with E-state index in [1.807, 2.05) is 0 Å². The highest BCUT2D eigenvalue weighted by Gasteiger charge is 2.30. The van der Waals surface area contributed by atoms with Crippen LogP contribution in [0.25, 0.3) is 0 Å². The van der Waals surface area contributed by atoms with Gasteiger partial charge in [0.25, 0.3) is 0 Å². The molecule has 1 amide bonds. The van der Waals surface area contributed by atoms with Crippen LogP contribution in [0.2, 0.25) is 0 Å². The van der Waals surface area contributed by atoms with Gasteiger partial charge in [-0.3, -0.25) is 4.79 Å². The van der Waals surface area contributed by atoms with Gasteiger partial charge >= 0.3 is 0 Å². The van der Waals surface area contributed by atoms with Gasteiger partial charge < -0.3 is 11.1 Å². The molecule has 3 nitrogen and oxygen atoms in total. The van der Waals surface area contributed by atoms with Gasteiger partial charge in [-0.1, -0.05) is 33.1 Å². The third-order valence-corrected chi connectivity index (χ3v) is 4.02. The van der Waals surface area contributed by atoms with Gasteiger partial charge in [0, 0.05) is 12.0 Å². The average molecular weight is 240 g/mol. The van der Waals surface area contributed by atoms with Crippen LogP contribution in [0.15, 0.2) is 0 Å². The summed E-state index contributed by atoms with van der Waals surface area (Å²) in [7, 11) is 0. The molecule has 0 spiro atoms. The lowest BCUT2D eigenvalue weighted by Gasteiger charge is -2.31. The summed E-state index contributed by atoms with van der Waals surface area (Å²) >= 11 is 0. The smallest absolute Gasteiger partial charge is 0.223 e. The molecule has 3 N–H and O–H groups in total. The van der Waals surface area contributed by atoms with E-state index in [-0.39, 0.29) is 11.8 Å². The first kappa shape index (κ1) is 14.5. The molecule has 17 heavy (non-hydrogen) atoms. The SMILES string of the molecule is CCCC(CC)NC(=O)C1CCCCC1CN. The van der Waals surface area contributed by atoms with Gasteiger partial charge in [0.15, 0.2) is 0 Å². The molecule has 0 aliphatic heterocycles. The molecule has 0 saturated heterocycles. The van der Waals surface area contributed by atoms with Crippen molar-refractivity contribution >= 4 is 5.91 Å². The molecule has 0 aromatic carbocycles. The van der Waals surface area contributed by atoms with Crippen LogP contribution in [-0.2, 0) is 4.79 Å². The molecule has 0 aromatic rings. The molecule has 0 aromatic heterocycles. The number of amides is 1. The zero-order valence-electron chi connectivity index (χ0n) is 11.4. The molecule has 0 radical (unpaired) electrons. The predicted molar refractivity (Wildman–Crippen MR) is 71.6 cm³/mol. The first-order valence-electron chi connectivity index (χ1n) is 7.23. The molecule has 0 bridgehead atoms. The van der Waals surface area contributed by atoms with Crippen LogP contribution < -0.4 is 11.1 Å². The van der Waals surface area contributed by atoms with E-state index in [2.05, 4.69) is 19.2 Å². The Balaban J connectivity index is 2.49. The Bertz CT molecular complexity index is 230. The van der Waals surface area contributed by atoms with E-state index in [0.717, 1.165) is 32.1 Å². The average Bonchev–Trinajstić information content (AvgIpc) is 2.38. The van der Waals surface area contributed by atoms with Crippen LogP contribution in [-0.4, -0.2) is 18.5 Å². The summed E-state index contributed by atoms with van der Waals surface area (Å²) in [5.74, 6) is 0.822. The van der Waals surface area contributed by atoms with Crippen LogP contribution in [0.3, 0.4) is 0 Å². The van der Waals surface area contributed by atoms with Crippen molar-refractivity contribution in [3.8, 4) is 0 Å². The Hall–Kier alpha value is -0.570. The molecule has 3 heteroatoms. The third kappa shape index (κ3) is 4.30. The highest BCUT2D eigenvalue weighted by molar-refractivity contribution is 5.79. The Labute approximate surface area is 106 Å². The number of rotatable bonds is 6. The minimum atomic E-state index is 0.166. The van der Waals surface area contributed by atoms with Crippen LogP contribution in [0.5, 0.6) is 0 Å². The van der Waals surface area contributed by atoms with Crippen molar-refractivity contribution in [3.05, 3.63) is 0 Å². The fourth-order valence-corrected chi connectivity index (χ4v) is 2.87. The summed E-state index contributed by atoms with van der Waals surface area (Å²) in [5, 5.41) is 3.21. The second-order valence-corrected chi connectivity index (χ2v) is 5.29. The van der Waals surface area contributed by atoms with Crippen molar-refractivity contribution in [2.75, 3.05) is 6.54 Å². The van der Waals surface area contributed by atoms with Crippen molar-refractivity contribution in [2.24, 2.45) is 17.6 Å². The van der Waals surface area contributed by atoms with Gasteiger partial charge in [-0.2, -0.15) is 0 Å². The Morgan fingerprint density at radius 1 is 1.35 bits per heavy atom. The molecular weight excluding hydrogens is 212 g/mol. The summed E-state index contributed by atoms with van der Waals surface area (Å²) in [6, 6.07) is 0.354. The van der Waals surface area contributed by atoms with Gasteiger partial charge in [-0.05, 0) is 38.1 Å². The van der Waals surface area contributed by atoms with Gasteiger partial charge in [0.05, 0.1) is 0 Å². The van der Waals surface area contributed by atoms with E-state index in [9.17, 15) is 4.79 Å². The lowest BCUT2D eigenvalue weighted by atomic mass is 9.78. The molecule has 1 saturated carbocycles. The first-order chi connectivity index (χ1) is 8.22. The molecule has 100 valence electrons. The normalized spacial score (nSPS) is 26.5. The van der Waals surface area contributed by atoms with E-state index in [1.165, 1.54) is 12.8 Å². The zero-order valence-corrected chi connectivity index (χ0v) is 11.4. The third-order valence-electron chi connectivity index (χ3n) is 4.02. The lowest BCUT2D eigenvalue weighted by molar-refractivity contribution is -0.128. The van der Waals surface area contributed by atoms with E-state index >= 15 is 0 Å². The van der Waals surface area contributed by atoms with Crippen molar-refractivity contribution in [1.29, 1.82) is 0 Å². The summed E-state index contributed by atoms with van der Waals surface area (Å²) in [5.41, 5.74) is 5.77. The summed E-state index contributed by atoms with van der Waals surface area (Å²) in [6.45, 7) is 4.96. The van der Waals surface area contributed by atoms with Gasteiger partial charge in [0.1, 0.15) is 0 Å². The predicted octanol–water partition coefficient (Wildman–Crippen LogP) is 2.45. The quantitative estimate of drug-likeness (QED) is 0.749. The van der Waals surface area contributed by atoms with Gasteiger partial charge in [0.2, 0.25) is 5.91 Å². The maximum Gasteiger partial charge on any atom is 0.223 e. The lowest BCUT2D eigenvalue weighted by Crippen LogP contribution is -2.43. The van der Waals surface area contributed by atoms with Crippen LogP contribution in [0.4, 0.5) is 0 Å². The maximum atomic E-state index is 12.2. The highest BCUT2D eigenvalue weighted by Crippen LogP contribution is 2.29. The summed E-state index contributed by atoms with van der Waals surface area (Å²) < 4.78 is 0. The van der Waals surface area contributed by atoms with Gasteiger partial charge in [-0.15, -0.1) is 0 Å². The second-order valence-electron chi connectivity index (χ2n) is 5.29. The van der Waals surface area contributed by atoms with Crippen LogP contribution in [0, 0.1) is 11.8 Å². The van der Waals surface area contributed by atoms with E-state index in [0.29, 0.717) is 18.5 Å². The number of hydrogen-bond donors (Lipinski definition) is 2. The fourth-order valence-electron chi connectivity index (χ4n) is 2.87. The standard InChI is InChI=1S/C14H28N2O/c1-3-7-12(4-2)16-14(17)13-9-6-5-8-11(13)10-15/h11-13H,3-10,15H2,1-2H3,(H,16,17). The first-order valence-corrected chi connectivity index (χ1v) is 7.23. The number of carbonyl (C=O) groups is 1. The molecule has 0 heterocycles. The molecule has 1 aliphatic carbocycles. The molecule has 3 atom stereocenters. The molecule has 3 unspecified atom stereocenters. The Morgan fingerprint density at radius 3 is 2.65 bits per heavy atom. The van der Waals surface area contributed by atoms with Crippen LogP contribution >= 0.6 is 0 Å². The van der Waals surface area contributed by atoms with Gasteiger partial charge in [-0.25, -0.2) is 0 Å². The summed E-state index contributed by atoms with van der Waals surface area (Å²) in [6.07, 6.45) is 7.80. The highest BCUT2D eigenvalue weighted by atomic mass is 16.1. The number of hydrogen-bond acceptors (Lipinski definition) is 2. The number of carbonyl (C=O) groups excluding carboxylic acids is 1. The second kappa shape index (κ2) is 7.70. The van der Waals surface area contributed by atoms with E-state index in [4.69, 9.17) is 5.73 Å². The van der Waals surface area contributed by atoms with Crippen molar-refractivity contribution in [3.63, 3.8) is 0 Å². The molecule has 1 rings (SSSR count). The van der Waals surface area contributed by atoms with Crippen molar-refractivity contribution < 1.29 is 4.79 Å². The minimum Gasteiger partial charge on any atom is -0.353 e. The monoisotopic (exact) mass is 240 g/mol. The largest absolute Gasteiger partial charge is 0.353 e. The maximum absolute atomic E-state index is 12.2.